The first-order valence-corrected chi connectivity index (χ1v) is 15.8. The monoisotopic (exact) mass is 703 g/mol. The second-order valence-electron chi connectivity index (χ2n) is 11.9. The Hall–Kier alpha value is -6.45. The van der Waals surface area contributed by atoms with Crippen molar-refractivity contribution in [2.24, 2.45) is 5.73 Å². The number of amides is 5. The molecule has 0 fully saturated rings. The van der Waals surface area contributed by atoms with Crippen LogP contribution in [0.4, 0.5) is 4.79 Å². The largest absolute Gasteiger partial charge is 0.508 e. The second kappa shape index (κ2) is 16.8. The van der Waals surface area contributed by atoms with Crippen LogP contribution < -0.4 is 27.0 Å². The number of nitrogens with two attached hydrogens (primary N) is 1. The van der Waals surface area contributed by atoms with Crippen molar-refractivity contribution in [1.29, 1.82) is 0 Å². The third-order valence-corrected chi connectivity index (χ3v) is 8.11. The van der Waals surface area contributed by atoms with E-state index in [1.807, 2.05) is 48.5 Å². The maximum atomic E-state index is 13.4. The van der Waals surface area contributed by atoms with Crippen LogP contribution in [0.5, 0.6) is 5.75 Å². The lowest BCUT2D eigenvalue weighted by atomic mass is 9.98. The summed E-state index contributed by atoms with van der Waals surface area (Å²) in [7, 11) is 0. The Morgan fingerprint density at radius 3 is 1.75 bits per heavy atom. The standard InChI is InChI=1S/C35H37N5O11/c1-18(34(48)49)37-31(45)26(14-19-10-12-20(41)13-11-19)38-32(46)27(15-29(36)42)39-33(47)28(16-30(43)44)40-35(50)51-17-25-23-8-4-2-6-21(23)22-7-3-5-9-24(22)25/h2-13,18,25-28,41H,14-17H2,1H3,(H2,36,42)(H,37,45)(H,38,46)(H,39,47)(H,40,50)(H,43,44)(H,48,49)/t18-,26-,27-,28-/m0/s1. The summed E-state index contributed by atoms with van der Waals surface area (Å²) < 4.78 is 5.43. The molecule has 0 aromatic heterocycles. The zero-order valence-electron chi connectivity index (χ0n) is 27.3. The van der Waals surface area contributed by atoms with Gasteiger partial charge >= 0.3 is 18.0 Å². The number of carbonyl (C=O) groups excluding carboxylic acids is 5. The minimum Gasteiger partial charge on any atom is -0.508 e. The fourth-order valence-corrected chi connectivity index (χ4v) is 5.57. The lowest BCUT2D eigenvalue weighted by molar-refractivity contribution is -0.142. The molecule has 0 radical (unpaired) electrons. The molecule has 4 atom stereocenters. The molecule has 0 bridgehead atoms. The first kappa shape index (κ1) is 37.4. The van der Waals surface area contributed by atoms with Gasteiger partial charge in [-0.2, -0.15) is 0 Å². The molecule has 51 heavy (non-hydrogen) atoms. The highest BCUT2D eigenvalue weighted by Crippen LogP contribution is 2.44. The van der Waals surface area contributed by atoms with Gasteiger partial charge in [-0.3, -0.25) is 28.8 Å². The third kappa shape index (κ3) is 10.0. The molecule has 5 amide bonds. The minimum absolute atomic E-state index is 0.0740. The average Bonchev–Trinajstić information content (AvgIpc) is 3.40. The number of benzene rings is 3. The summed E-state index contributed by atoms with van der Waals surface area (Å²) in [5.41, 5.74) is 9.55. The fraction of sp³-hybridized carbons (Fsp3) is 0.286. The van der Waals surface area contributed by atoms with Crippen LogP contribution in [0.3, 0.4) is 0 Å². The van der Waals surface area contributed by atoms with Crippen LogP contribution in [0.25, 0.3) is 11.1 Å². The Bertz CT molecular complexity index is 1770. The number of hydrogen-bond donors (Lipinski definition) is 8. The number of hydrogen-bond acceptors (Lipinski definition) is 9. The summed E-state index contributed by atoms with van der Waals surface area (Å²) in [6.45, 7) is 1.06. The molecule has 3 aromatic rings. The SMILES string of the molecule is C[C@H](NC(=O)[C@H](Cc1ccc(O)cc1)NC(=O)[C@H](CC(N)=O)NC(=O)[C@H](CC(=O)O)NC(=O)OCC1c2ccccc2-c2ccccc21)C(=O)O. The number of phenolic OH excluding ortho intramolecular Hbond substituents is 1. The van der Waals surface area contributed by atoms with Crippen molar-refractivity contribution in [2.45, 2.75) is 56.3 Å². The van der Waals surface area contributed by atoms with Gasteiger partial charge in [0.05, 0.1) is 12.8 Å². The zero-order valence-corrected chi connectivity index (χ0v) is 27.3. The van der Waals surface area contributed by atoms with Gasteiger partial charge in [0.15, 0.2) is 0 Å². The summed E-state index contributed by atoms with van der Waals surface area (Å²) >= 11 is 0. The Labute approximate surface area is 291 Å². The molecule has 4 rings (SSSR count). The molecule has 16 heteroatoms. The molecule has 1 aliphatic rings. The van der Waals surface area contributed by atoms with Crippen LogP contribution in [-0.2, 0) is 39.9 Å². The topological polar surface area (TPSA) is 264 Å². The molecular weight excluding hydrogens is 666 g/mol. The predicted molar refractivity (Wildman–Crippen MR) is 179 cm³/mol. The third-order valence-electron chi connectivity index (χ3n) is 8.11. The summed E-state index contributed by atoms with van der Waals surface area (Å²) in [4.78, 5) is 87.6. The van der Waals surface area contributed by atoms with Crippen LogP contribution in [0.15, 0.2) is 72.8 Å². The quantitative estimate of drug-likeness (QED) is 0.103. The zero-order chi connectivity index (χ0) is 37.2. The van der Waals surface area contributed by atoms with Gasteiger partial charge in [-0.25, -0.2) is 4.79 Å². The van der Waals surface area contributed by atoms with Crippen molar-refractivity contribution in [1.82, 2.24) is 21.3 Å². The number of alkyl carbamates (subject to hydrolysis) is 1. The Kier molecular flexibility index (Phi) is 12.3. The molecule has 16 nitrogen and oxygen atoms in total. The molecule has 0 saturated carbocycles. The smallest absolute Gasteiger partial charge is 0.407 e. The normalized spacial score (nSPS) is 14.0. The van der Waals surface area contributed by atoms with E-state index in [1.54, 1.807) is 0 Å². The van der Waals surface area contributed by atoms with Gasteiger partial charge in [0, 0.05) is 12.3 Å². The van der Waals surface area contributed by atoms with Crippen molar-refractivity contribution in [3.63, 3.8) is 0 Å². The van der Waals surface area contributed by atoms with E-state index in [1.165, 1.54) is 31.2 Å². The summed E-state index contributed by atoms with van der Waals surface area (Å²) in [5, 5.41) is 37.3. The molecule has 0 unspecified atom stereocenters. The maximum absolute atomic E-state index is 13.4. The van der Waals surface area contributed by atoms with Crippen LogP contribution in [0.1, 0.15) is 42.4 Å². The van der Waals surface area contributed by atoms with E-state index in [2.05, 4.69) is 21.3 Å². The number of carboxylic acids is 2. The Morgan fingerprint density at radius 2 is 1.22 bits per heavy atom. The molecule has 0 saturated heterocycles. The van der Waals surface area contributed by atoms with E-state index in [0.29, 0.717) is 5.56 Å². The maximum Gasteiger partial charge on any atom is 0.407 e. The van der Waals surface area contributed by atoms with Crippen LogP contribution in [-0.4, -0.2) is 87.8 Å². The number of ether oxygens (including phenoxy) is 1. The highest BCUT2D eigenvalue weighted by atomic mass is 16.5. The van der Waals surface area contributed by atoms with Crippen LogP contribution in [0, 0.1) is 0 Å². The van der Waals surface area contributed by atoms with Gasteiger partial charge in [-0.15, -0.1) is 0 Å². The number of carboxylic acid groups (broad SMARTS) is 2. The van der Waals surface area contributed by atoms with E-state index in [9.17, 15) is 48.9 Å². The van der Waals surface area contributed by atoms with Crippen LogP contribution in [0.2, 0.25) is 0 Å². The van der Waals surface area contributed by atoms with Crippen molar-refractivity contribution >= 4 is 41.7 Å². The molecule has 1 aliphatic carbocycles. The molecule has 268 valence electrons. The first-order valence-electron chi connectivity index (χ1n) is 15.8. The fourth-order valence-electron chi connectivity index (χ4n) is 5.57. The number of primary amides is 1. The predicted octanol–water partition coefficient (Wildman–Crippen LogP) is 0.751. The van der Waals surface area contributed by atoms with Crippen LogP contribution >= 0.6 is 0 Å². The number of fused-ring (bicyclic) bond motifs is 3. The molecule has 0 spiro atoms. The number of phenols is 1. The number of nitrogens with one attached hydrogen (secondary N) is 4. The van der Waals surface area contributed by atoms with Gasteiger partial charge in [0.1, 0.15) is 36.5 Å². The number of aliphatic carboxylic acids is 2. The number of rotatable bonds is 16. The van der Waals surface area contributed by atoms with Gasteiger partial charge in [-0.05, 0) is 46.9 Å². The van der Waals surface area contributed by atoms with Crippen molar-refractivity contribution in [3.8, 4) is 16.9 Å². The van der Waals surface area contributed by atoms with E-state index in [0.717, 1.165) is 22.3 Å². The molecule has 3 aromatic carbocycles. The van der Waals surface area contributed by atoms with Crippen molar-refractivity contribution in [3.05, 3.63) is 89.5 Å². The molecule has 9 N–H and O–H groups in total. The number of aromatic hydroxyl groups is 1. The van der Waals surface area contributed by atoms with Gasteiger partial charge in [0.2, 0.25) is 23.6 Å². The lowest BCUT2D eigenvalue weighted by Gasteiger charge is -2.25. The Balaban J connectivity index is 1.46. The Morgan fingerprint density at radius 1 is 0.706 bits per heavy atom. The molecule has 0 aliphatic heterocycles. The van der Waals surface area contributed by atoms with Crippen molar-refractivity contribution in [2.75, 3.05) is 6.61 Å². The highest BCUT2D eigenvalue weighted by molar-refractivity contribution is 5.97. The molecular formula is C35H37N5O11. The lowest BCUT2D eigenvalue weighted by Crippen LogP contribution is -2.58. The van der Waals surface area contributed by atoms with E-state index >= 15 is 0 Å². The molecule has 0 heterocycles. The summed E-state index contributed by atoms with van der Waals surface area (Å²) in [6.07, 6.45) is -3.04. The summed E-state index contributed by atoms with van der Waals surface area (Å²) in [6, 6.07) is 14.4. The van der Waals surface area contributed by atoms with E-state index in [4.69, 9.17) is 10.5 Å². The average molecular weight is 704 g/mol. The highest BCUT2D eigenvalue weighted by Gasteiger charge is 2.34. The van der Waals surface area contributed by atoms with Gasteiger partial charge in [0.25, 0.3) is 0 Å². The van der Waals surface area contributed by atoms with Crippen molar-refractivity contribution < 1.29 is 53.6 Å². The summed E-state index contributed by atoms with van der Waals surface area (Å²) in [5.74, 6) is -7.48. The first-order chi connectivity index (χ1) is 24.2. The van der Waals surface area contributed by atoms with Gasteiger partial charge < -0.3 is 47.1 Å². The number of carbonyl (C=O) groups is 7. The van der Waals surface area contributed by atoms with E-state index < -0.39 is 78.7 Å². The second-order valence-corrected chi connectivity index (χ2v) is 11.9. The minimum atomic E-state index is -1.77. The van der Waals surface area contributed by atoms with Gasteiger partial charge in [-0.1, -0.05) is 60.7 Å². The van der Waals surface area contributed by atoms with E-state index in [-0.39, 0.29) is 24.7 Å².